The number of nitrogens with zero attached hydrogens (tertiary/aromatic N) is 3. The molecule has 182 valence electrons. The number of rotatable bonds is 4. The van der Waals surface area contributed by atoms with Gasteiger partial charge in [0.15, 0.2) is 6.61 Å². The van der Waals surface area contributed by atoms with Gasteiger partial charge in [-0.05, 0) is 76.3 Å². The molecule has 1 aliphatic carbocycles. The van der Waals surface area contributed by atoms with Gasteiger partial charge in [0.05, 0.1) is 6.61 Å². The van der Waals surface area contributed by atoms with Gasteiger partial charge in [0.25, 0.3) is 0 Å². The first kappa shape index (κ1) is 23.4. The first-order chi connectivity index (χ1) is 15.2. The van der Waals surface area contributed by atoms with Crippen molar-refractivity contribution in [2.75, 3.05) is 45.9 Å². The third-order valence-electron chi connectivity index (χ3n) is 7.83. The van der Waals surface area contributed by atoms with E-state index in [9.17, 15) is 22.8 Å². The number of carbonyl (C=O) groups excluding carboxylic acids is 2. The van der Waals surface area contributed by atoms with Crippen LogP contribution in [0.2, 0.25) is 0 Å². The number of likely N-dealkylation sites (tertiary alicyclic amines) is 3. The molecule has 10 heteroatoms. The van der Waals surface area contributed by atoms with Crippen molar-refractivity contribution in [3.05, 3.63) is 0 Å². The monoisotopic (exact) mass is 461 g/mol. The topological polar surface area (TPSA) is 62.3 Å². The number of halogens is 3. The number of hydrogen-bond donors (Lipinski definition) is 0. The zero-order valence-electron chi connectivity index (χ0n) is 18.7. The Morgan fingerprint density at radius 2 is 1.72 bits per heavy atom. The third-order valence-corrected chi connectivity index (χ3v) is 7.83. The highest BCUT2D eigenvalue weighted by Gasteiger charge is 2.52. The van der Waals surface area contributed by atoms with Crippen LogP contribution in [0.5, 0.6) is 0 Å². The zero-order chi connectivity index (χ0) is 22.9. The summed E-state index contributed by atoms with van der Waals surface area (Å²) in [4.78, 5) is 30.0. The van der Waals surface area contributed by atoms with Crippen molar-refractivity contribution in [2.45, 2.75) is 70.1 Å². The van der Waals surface area contributed by atoms with Gasteiger partial charge in [0.1, 0.15) is 0 Å². The van der Waals surface area contributed by atoms with Crippen molar-refractivity contribution in [2.24, 2.45) is 11.3 Å². The number of ether oxygens (including phenoxy) is 2. The van der Waals surface area contributed by atoms with E-state index in [-0.39, 0.29) is 17.6 Å². The van der Waals surface area contributed by atoms with Crippen molar-refractivity contribution in [1.82, 2.24) is 14.7 Å². The minimum atomic E-state index is -4.50. The Kier molecular flexibility index (Phi) is 6.79. The van der Waals surface area contributed by atoms with E-state index in [2.05, 4.69) is 9.64 Å². The highest BCUT2D eigenvalue weighted by molar-refractivity contribution is 5.68. The highest BCUT2D eigenvalue weighted by atomic mass is 19.4. The van der Waals surface area contributed by atoms with Crippen LogP contribution in [-0.2, 0) is 9.47 Å². The molecule has 0 radical (unpaired) electrons. The summed E-state index contributed by atoms with van der Waals surface area (Å²) in [6, 6.07) is 0.521. The van der Waals surface area contributed by atoms with Crippen LogP contribution in [0.25, 0.3) is 0 Å². The zero-order valence-corrected chi connectivity index (χ0v) is 18.7. The lowest BCUT2D eigenvalue weighted by atomic mass is 9.64. The van der Waals surface area contributed by atoms with Crippen molar-refractivity contribution >= 4 is 12.2 Å². The van der Waals surface area contributed by atoms with Gasteiger partial charge in [-0.3, -0.25) is 0 Å². The van der Waals surface area contributed by atoms with Crippen LogP contribution in [0, 0.1) is 11.3 Å². The van der Waals surface area contributed by atoms with E-state index in [4.69, 9.17) is 4.74 Å². The summed E-state index contributed by atoms with van der Waals surface area (Å²) in [5, 5.41) is 0. The van der Waals surface area contributed by atoms with E-state index in [1.54, 1.807) is 0 Å². The Bertz CT molecular complexity index is 690. The Labute approximate surface area is 187 Å². The summed E-state index contributed by atoms with van der Waals surface area (Å²) < 4.78 is 46.8. The van der Waals surface area contributed by atoms with Gasteiger partial charge in [-0.2, -0.15) is 13.2 Å². The fraction of sp³-hybridized carbons (Fsp3) is 0.909. The minimum absolute atomic E-state index is 0.0152. The van der Waals surface area contributed by atoms with Gasteiger partial charge < -0.3 is 24.2 Å². The quantitative estimate of drug-likeness (QED) is 0.636. The van der Waals surface area contributed by atoms with Gasteiger partial charge in [0.2, 0.25) is 0 Å². The summed E-state index contributed by atoms with van der Waals surface area (Å²) in [7, 11) is 0. The Morgan fingerprint density at radius 1 is 1.00 bits per heavy atom. The van der Waals surface area contributed by atoms with Crippen molar-refractivity contribution < 1.29 is 32.2 Å². The molecule has 1 saturated carbocycles. The lowest BCUT2D eigenvalue weighted by Crippen LogP contribution is -2.55. The number of carbonyl (C=O) groups is 2. The SMILES string of the molecule is CCOC(=O)N1CCC2(CC(N3CCC([C@@H]4CCCN4C(=O)OCC(F)(F)F)CC3)C2)C1. The lowest BCUT2D eigenvalue weighted by molar-refractivity contribution is -0.162. The number of piperidine rings is 1. The van der Waals surface area contributed by atoms with E-state index in [1.165, 1.54) is 4.90 Å². The lowest BCUT2D eigenvalue weighted by Gasteiger charge is -2.52. The molecule has 1 atom stereocenters. The summed E-state index contributed by atoms with van der Waals surface area (Å²) in [6.07, 6.45) is 1.26. The smallest absolute Gasteiger partial charge is 0.422 e. The van der Waals surface area contributed by atoms with Crippen LogP contribution in [0.15, 0.2) is 0 Å². The maximum Gasteiger partial charge on any atom is 0.422 e. The molecule has 0 aromatic rings. The molecule has 0 unspecified atom stereocenters. The second-order valence-electron chi connectivity index (χ2n) is 9.88. The third kappa shape index (κ3) is 5.10. The summed E-state index contributed by atoms with van der Waals surface area (Å²) in [5.41, 5.74) is 0.235. The van der Waals surface area contributed by atoms with Gasteiger partial charge >= 0.3 is 18.4 Å². The molecule has 0 N–H and O–H groups in total. The predicted molar refractivity (Wildman–Crippen MR) is 110 cm³/mol. The van der Waals surface area contributed by atoms with Gasteiger partial charge in [-0.25, -0.2) is 9.59 Å². The molecule has 32 heavy (non-hydrogen) atoms. The minimum Gasteiger partial charge on any atom is -0.450 e. The van der Waals surface area contributed by atoms with Crippen LogP contribution in [0.3, 0.4) is 0 Å². The van der Waals surface area contributed by atoms with Crippen LogP contribution in [0.4, 0.5) is 22.8 Å². The molecule has 3 saturated heterocycles. The van der Waals surface area contributed by atoms with E-state index in [0.717, 1.165) is 71.1 Å². The molecule has 0 aromatic carbocycles. The average Bonchev–Trinajstić information content (AvgIpc) is 3.38. The first-order valence-electron chi connectivity index (χ1n) is 11.9. The molecule has 4 aliphatic rings. The predicted octanol–water partition coefficient (Wildman–Crippen LogP) is 3.87. The molecule has 0 bridgehead atoms. The largest absolute Gasteiger partial charge is 0.450 e. The van der Waals surface area contributed by atoms with Gasteiger partial charge in [-0.15, -0.1) is 0 Å². The van der Waals surface area contributed by atoms with E-state index < -0.39 is 18.9 Å². The Balaban J connectivity index is 1.21. The second-order valence-corrected chi connectivity index (χ2v) is 9.88. The second kappa shape index (κ2) is 9.27. The van der Waals surface area contributed by atoms with Crippen molar-refractivity contribution in [3.63, 3.8) is 0 Å². The molecule has 3 heterocycles. The fourth-order valence-electron chi connectivity index (χ4n) is 6.24. The maximum atomic E-state index is 12.4. The Hall–Kier alpha value is -1.71. The standard InChI is InChI=1S/C22H34F3N3O4/c1-2-31-19(29)27-11-7-21(14-27)12-17(13-21)26-9-5-16(6-10-26)18-4-3-8-28(18)20(30)32-15-22(23,24)25/h16-18H,2-15H2,1H3/t17?,18-,21?/m0/s1. The maximum absolute atomic E-state index is 12.4. The molecule has 3 aliphatic heterocycles. The highest BCUT2D eigenvalue weighted by Crippen LogP contribution is 2.51. The van der Waals surface area contributed by atoms with Crippen LogP contribution in [-0.4, -0.2) is 91.1 Å². The average molecular weight is 462 g/mol. The van der Waals surface area contributed by atoms with E-state index in [0.29, 0.717) is 25.1 Å². The summed E-state index contributed by atoms with van der Waals surface area (Å²) in [5.74, 6) is 0.312. The summed E-state index contributed by atoms with van der Waals surface area (Å²) >= 11 is 0. The molecule has 7 nitrogen and oxygen atoms in total. The molecule has 1 spiro atoms. The molecule has 0 aromatic heterocycles. The normalized spacial score (nSPS) is 31.8. The van der Waals surface area contributed by atoms with Crippen LogP contribution < -0.4 is 0 Å². The molecule has 2 amide bonds. The van der Waals surface area contributed by atoms with Gasteiger partial charge in [0, 0.05) is 31.7 Å². The van der Waals surface area contributed by atoms with Crippen LogP contribution >= 0.6 is 0 Å². The number of alkyl halides is 3. The molecular formula is C22H34F3N3O4. The molecule has 4 fully saturated rings. The number of amides is 2. The van der Waals surface area contributed by atoms with Crippen LogP contribution in [0.1, 0.15) is 51.9 Å². The Morgan fingerprint density at radius 3 is 2.38 bits per heavy atom. The molecule has 4 rings (SSSR count). The first-order valence-corrected chi connectivity index (χ1v) is 11.9. The van der Waals surface area contributed by atoms with E-state index >= 15 is 0 Å². The van der Waals surface area contributed by atoms with Gasteiger partial charge in [-0.1, -0.05) is 0 Å². The van der Waals surface area contributed by atoms with E-state index in [1.807, 2.05) is 11.8 Å². The van der Waals surface area contributed by atoms with Crippen molar-refractivity contribution in [3.8, 4) is 0 Å². The molecular weight excluding hydrogens is 427 g/mol. The summed E-state index contributed by atoms with van der Waals surface area (Å²) in [6.45, 7) is 4.64. The number of hydrogen-bond acceptors (Lipinski definition) is 5. The fourth-order valence-corrected chi connectivity index (χ4v) is 6.24. The van der Waals surface area contributed by atoms with Crippen molar-refractivity contribution in [1.29, 1.82) is 0 Å².